The van der Waals surface area contributed by atoms with Crippen LogP contribution in [-0.2, 0) is 67.6 Å². The van der Waals surface area contributed by atoms with Crippen LogP contribution in [0.4, 0.5) is 5.82 Å². The number of imidazole rings is 1. The number of benzene rings is 1. The smallest absolute Gasteiger partial charge is 0.481 e. The molecule has 344 valence electrons. The highest BCUT2D eigenvalue weighted by Crippen LogP contribution is 2.61. The number of anilines is 1. The van der Waals surface area contributed by atoms with Crippen LogP contribution in [0.3, 0.4) is 0 Å². The molecule has 1 aliphatic heterocycles. The number of hydrogen-bond donors (Lipinski definition) is 10. The number of aliphatic hydroxyl groups excluding tert-OH is 2. The Balaban J connectivity index is 1.25. The van der Waals surface area contributed by atoms with E-state index in [1.807, 2.05) is 0 Å². The molecular formula is C33H48N7O19P3. The highest BCUT2D eigenvalue weighted by atomic mass is 31.3. The van der Waals surface area contributed by atoms with Gasteiger partial charge in [0.05, 0.1) is 26.0 Å². The van der Waals surface area contributed by atoms with E-state index in [9.17, 15) is 67.8 Å². The number of ketones is 1. The summed E-state index contributed by atoms with van der Waals surface area (Å²) in [7, 11) is -16.6. The van der Waals surface area contributed by atoms with Crippen molar-refractivity contribution in [3.8, 4) is 0 Å². The summed E-state index contributed by atoms with van der Waals surface area (Å²) in [5.74, 6) is -3.99. The van der Waals surface area contributed by atoms with Crippen molar-refractivity contribution in [1.82, 2.24) is 30.2 Å². The van der Waals surface area contributed by atoms with Gasteiger partial charge in [-0.2, -0.15) is 4.31 Å². The molecule has 8 unspecified atom stereocenters. The SMILES string of the molecule is CC(C)(COP(=O)(O)OP(=O)(O)OCC1OC(C)(n2cnc3c(N)ncnc32)C(O)C1OP(=O)(O)O)C(O)C(=O)NCCC(=O)NCCC(=O)C(CC(=O)O)Cc1ccccc1. The van der Waals surface area contributed by atoms with Gasteiger partial charge in [0.25, 0.3) is 0 Å². The lowest BCUT2D eigenvalue weighted by atomic mass is 9.87. The Kier molecular flexibility index (Phi) is 16.8. The van der Waals surface area contributed by atoms with Crippen LogP contribution < -0.4 is 16.4 Å². The molecule has 3 heterocycles. The highest BCUT2D eigenvalue weighted by Gasteiger charge is 2.57. The average molecular weight is 940 g/mol. The summed E-state index contributed by atoms with van der Waals surface area (Å²) in [6.45, 7) is 1.17. The number of ether oxygens (including phenoxy) is 1. The fourth-order valence-corrected chi connectivity index (χ4v) is 9.01. The number of fused-ring (bicyclic) bond motifs is 1. The topological polar surface area (TPSA) is 401 Å². The molecule has 0 saturated carbocycles. The zero-order valence-corrected chi connectivity index (χ0v) is 36.0. The van der Waals surface area contributed by atoms with Crippen LogP contribution in [0.5, 0.6) is 0 Å². The summed E-state index contributed by atoms with van der Waals surface area (Å²) in [6, 6.07) is 8.84. The molecule has 0 aliphatic carbocycles. The molecule has 1 fully saturated rings. The minimum Gasteiger partial charge on any atom is -0.481 e. The Hall–Kier alpha value is -4.10. The molecule has 62 heavy (non-hydrogen) atoms. The molecular weight excluding hydrogens is 891 g/mol. The lowest BCUT2D eigenvalue weighted by Crippen LogP contribution is -2.46. The summed E-state index contributed by atoms with van der Waals surface area (Å²) >= 11 is 0. The monoisotopic (exact) mass is 939 g/mol. The van der Waals surface area contributed by atoms with E-state index in [1.54, 1.807) is 30.3 Å². The first-order valence-corrected chi connectivity index (χ1v) is 23.0. The second kappa shape index (κ2) is 20.6. The van der Waals surface area contributed by atoms with Gasteiger partial charge in [0.1, 0.15) is 42.0 Å². The van der Waals surface area contributed by atoms with E-state index in [1.165, 1.54) is 20.8 Å². The number of amides is 2. The highest BCUT2D eigenvalue weighted by molar-refractivity contribution is 7.61. The molecule has 0 spiro atoms. The van der Waals surface area contributed by atoms with Gasteiger partial charge in [-0.3, -0.25) is 37.3 Å². The number of hydrogen-bond acceptors (Lipinski definition) is 18. The number of aliphatic hydroxyl groups is 2. The van der Waals surface area contributed by atoms with Crippen LogP contribution in [0.2, 0.25) is 0 Å². The first kappa shape index (κ1) is 50.5. The normalized spacial score (nSPS) is 22.3. The Morgan fingerprint density at radius 2 is 1.63 bits per heavy atom. The van der Waals surface area contributed by atoms with Crippen molar-refractivity contribution in [2.45, 2.75) is 76.6 Å². The molecule has 0 radical (unpaired) electrons. The largest absolute Gasteiger partial charge is 0.481 e. The molecule has 26 nitrogen and oxygen atoms in total. The number of carboxylic acids is 1. The number of carbonyl (C=O) groups excluding carboxylic acids is 3. The van der Waals surface area contributed by atoms with Crippen LogP contribution in [0.1, 0.15) is 45.6 Å². The third-order valence-corrected chi connectivity index (χ3v) is 12.6. The molecule has 2 aromatic heterocycles. The molecule has 2 amide bonds. The quantitative estimate of drug-likeness (QED) is 0.0523. The minimum absolute atomic E-state index is 0.00522. The number of nitrogen functional groups attached to an aromatic ring is 1. The number of nitrogens with one attached hydrogen (secondary N) is 2. The molecule has 3 aromatic rings. The molecule has 11 N–H and O–H groups in total. The Morgan fingerprint density at radius 3 is 2.27 bits per heavy atom. The summed E-state index contributed by atoms with van der Waals surface area (Å²) < 4.78 is 62.8. The number of rotatable bonds is 24. The number of carboxylic acid groups (broad SMARTS) is 1. The number of aliphatic carboxylic acids is 1. The maximum Gasteiger partial charge on any atom is 0.481 e. The maximum absolute atomic E-state index is 12.8. The van der Waals surface area contributed by atoms with Crippen molar-refractivity contribution in [2.24, 2.45) is 11.3 Å². The summed E-state index contributed by atoms with van der Waals surface area (Å²) in [4.78, 5) is 100. The van der Waals surface area contributed by atoms with E-state index in [0.29, 0.717) is 0 Å². The predicted octanol–water partition coefficient (Wildman–Crippen LogP) is -0.128. The molecule has 1 saturated heterocycles. The van der Waals surface area contributed by atoms with Crippen molar-refractivity contribution < 1.29 is 90.4 Å². The second-order valence-electron chi connectivity index (χ2n) is 14.8. The van der Waals surface area contributed by atoms with Gasteiger partial charge in [-0.05, 0) is 18.9 Å². The number of nitrogens with zero attached hydrogens (tertiary/aromatic N) is 4. The van der Waals surface area contributed by atoms with E-state index < -0.39 is 95.9 Å². The lowest BCUT2D eigenvalue weighted by molar-refractivity contribution is -0.140. The molecule has 1 aromatic carbocycles. The number of nitrogens with two attached hydrogens (primary N) is 1. The van der Waals surface area contributed by atoms with Crippen LogP contribution in [-0.4, -0.2) is 129 Å². The van der Waals surface area contributed by atoms with Gasteiger partial charge in [-0.15, -0.1) is 0 Å². The fourth-order valence-electron chi connectivity index (χ4n) is 6.19. The first-order chi connectivity index (χ1) is 28.7. The lowest BCUT2D eigenvalue weighted by Gasteiger charge is -2.30. The average Bonchev–Trinajstić information content (AvgIpc) is 3.72. The first-order valence-electron chi connectivity index (χ1n) is 18.4. The van der Waals surface area contributed by atoms with Crippen molar-refractivity contribution in [3.63, 3.8) is 0 Å². The Morgan fingerprint density at radius 1 is 0.984 bits per heavy atom. The van der Waals surface area contributed by atoms with Crippen LogP contribution in [0, 0.1) is 11.3 Å². The zero-order valence-electron chi connectivity index (χ0n) is 33.3. The van der Waals surface area contributed by atoms with Crippen molar-refractivity contribution >= 4 is 64.0 Å². The minimum atomic E-state index is -5.63. The van der Waals surface area contributed by atoms with Crippen molar-refractivity contribution in [3.05, 3.63) is 48.5 Å². The van der Waals surface area contributed by atoms with Gasteiger partial charge in [-0.1, -0.05) is 44.2 Å². The summed E-state index contributed by atoms with van der Waals surface area (Å²) in [6.07, 6.45) is -6.08. The molecule has 29 heteroatoms. The molecule has 0 bridgehead atoms. The van der Waals surface area contributed by atoms with Crippen molar-refractivity contribution in [2.75, 3.05) is 32.0 Å². The van der Waals surface area contributed by atoms with Crippen LogP contribution in [0.25, 0.3) is 11.2 Å². The predicted molar refractivity (Wildman–Crippen MR) is 210 cm³/mol. The maximum atomic E-state index is 12.8. The van der Waals surface area contributed by atoms with Gasteiger partial charge in [-0.25, -0.2) is 28.6 Å². The van der Waals surface area contributed by atoms with E-state index in [2.05, 4.69) is 29.9 Å². The zero-order chi connectivity index (χ0) is 46.3. The van der Waals surface area contributed by atoms with E-state index in [0.717, 1.165) is 22.8 Å². The fraction of sp³-hybridized carbons (Fsp3) is 0.545. The van der Waals surface area contributed by atoms with Gasteiger partial charge in [0, 0.05) is 37.3 Å². The number of Topliss-reactive ketones (excluding diaryl/α,β-unsaturated/α-hetero) is 1. The van der Waals surface area contributed by atoms with E-state index in [4.69, 9.17) is 24.0 Å². The number of phosphoric acid groups is 3. The number of phosphoric ester groups is 3. The van der Waals surface area contributed by atoms with Gasteiger partial charge in [0.15, 0.2) is 17.2 Å². The Bertz CT molecular complexity index is 2230. The molecule has 1 aliphatic rings. The summed E-state index contributed by atoms with van der Waals surface area (Å²) in [5.41, 5.74) is 2.98. The third kappa shape index (κ3) is 13.9. The van der Waals surface area contributed by atoms with Crippen LogP contribution in [0.15, 0.2) is 43.0 Å². The Labute approximate surface area is 352 Å². The summed E-state index contributed by atoms with van der Waals surface area (Å²) in [5, 5.41) is 35.8. The standard InChI is InChI=1S/C33H48N7O19P3/c1-32(2,28(46)31(47)36-12-10-23(42)35-11-9-21(41)20(14-24(43)44)13-19-7-5-4-6-8-19)16-56-62(53,54)59-61(51,52)55-15-22-26(58-60(48,49)50)27(45)33(3,57-22)40-18-39-25-29(34)37-17-38-30(25)40/h4-8,17-18,20,22,26-28,45-46H,9-16H2,1-3H3,(H,35,42)(H,36,47)(H,43,44)(H,51,52)(H,53,54)(H2,34,37,38)(H2,48,49,50). The van der Waals surface area contributed by atoms with Gasteiger partial charge >= 0.3 is 29.4 Å². The van der Waals surface area contributed by atoms with E-state index in [-0.39, 0.29) is 61.5 Å². The van der Waals surface area contributed by atoms with Gasteiger partial charge in [0.2, 0.25) is 11.8 Å². The van der Waals surface area contributed by atoms with Crippen molar-refractivity contribution in [1.29, 1.82) is 0 Å². The molecule has 8 atom stereocenters. The number of carbonyl (C=O) groups is 4. The molecule has 4 rings (SSSR count). The van der Waals surface area contributed by atoms with Gasteiger partial charge < -0.3 is 56.0 Å². The van der Waals surface area contributed by atoms with E-state index >= 15 is 0 Å². The van der Waals surface area contributed by atoms with Crippen LogP contribution >= 0.6 is 23.5 Å². The third-order valence-electron chi connectivity index (χ3n) is 9.46. The number of aromatic nitrogens is 4. The second-order valence-corrected chi connectivity index (χ2v) is 19.1.